The molecule has 0 atom stereocenters. The summed E-state index contributed by atoms with van der Waals surface area (Å²) >= 11 is 0.428. The molecular weight excluding hydrogens is 304 g/mol. The zero-order valence-corrected chi connectivity index (χ0v) is 9.36. The first-order valence-corrected chi connectivity index (χ1v) is 4.90. The summed E-state index contributed by atoms with van der Waals surface area (Å²) in [5, 5.41) is 0. The Labute approximate surface area is 69.8 Å². The Kier molecular flexibility index (Phi) is 2.39. The fourth-order valence-electron chi connectivity index (χ4n) is 0.602. The molecule has 0 spiro atoms. The SMILES string of the molecule is O=[C]([Tl])c1ccccc1. The van der Waals surface area contributed by atoms with Crippen molar-refractivity contribution in [3.8, 4) is 0 Å². The Morgan fingerprint density at radius 2 is 1.78 bits per heavy atom. The second-order valence-electron chi connectivity index (χ2n) is 1.73. The van der Waals surface area contributed by atoms with E-state index in [1.54, 1.807) is 0 Å². The van der Waals surface area contributed by atoms with Crippen LogP contribution < -0.4 is 0 Å². The molecule has 0 heterocycles. The topological polar surface area (TPSA) is 17.1 Å². The van der Waals surface area contributed by atoms with E-state index in [-0.39, 0.29) is 3.34 Å². The zero-order chi connectivity index (χ0) is 6.69. The standard InChI is InChI=1S/C7H5O.Tl/c8-6-7-4-2-1-3-5-7;/h1-5H;. The van der Waals surface area contributed by atoms with Crippen molar-refractivity contribution in [3.63, 3.8) is 0 Å². The van der Waals surface area contributed by atoms with Gasteiger partial charge in [-0.3, -0.25) is 0 Å². The van der Waals surface area contributed by atoms with Gasteiger partial charge in [0.15, 0.2) is 0 Å². The molecule has 0 aliphatic carbocycles. The molecule has 1 rings (SSSR count). The molecule has 1 aromatic carbocycles. The summed E-state index contributed by atoms with van der Waals surface area (Å²) in [4.78, 5) is 10.7. The average Bonchev–Trinajstić information content (AvgIpc) is 1.90. The van der Waals surface area contributed by atoms with E-state index < -0.39 is 0 Å². The molecular formula is C7H5OTl. The van der Waals surface area contributed by atoms with Crippen molar-refractivity contribution in [1.29, 1.82) is 0 Å². The van der Waals surface area contributed by atoms with Crippen molar-refractivity contribution in [2.24, 2.45) is 0 Å². The molecule has 0 aromatic heterocycles. The molecule has 0 saturated carbocycles. The van der Waals surface area contributed by atoms with Crippen molar-refractivity contribution in [1.82, 2.24) is 0 Å². The number of carbonyl (C=O) groups is 1. The van der Waals surface area contributed by atoms with Crippen LogP contribution in [0.15, 0.2) is 30.3 Å². The monoisotopic (exact) mass is 310 g/mol. The van der Waals surface area contributed by atoms with Crippen LogP contribution in [0.3, 0.4) is 0 Å². The van der Waals surface area contributed by atoms with Gasteiger partial charge in [0.05, 0.1) is 0 Å². The third kappa shape index (κ3) is 1.89. The Balaban J connectivity index is 2.98. The molecule has 0 unspecified atom stereocenters. The summed E-state index contributed by atoms with van der Waals surface area (Å²) in [6.07, 6.45) is 0. The van der Waals surface area contributed by atoms with Gasteiger partial charge in [0, 0.05) is 0 Å². The number of benzene rings is 1. The van der Waals surface area contributed by atoms with Crippen LogP contribution in [-0.2, 0) is 0 Å². The van der Waals surface area contributed by atoms with Gasteiger partial charge in [-0.25, -0.2) is 0 Å². The van der Waals surface area contributed by atoms with E-state index in [0.717, 1.165) is 5.56 Å². The van der Waals surface area contributed by atoms with Gasteiger partial charge >= 0.3 is 69.8 Å². The van der Waals surface area contributed by atoms with Gasteiger partial charge < -0.3 is 0 Å². The average molecular weight is 309 g/mol. The van der Waals surface area contributed by atoms with E-state index in [2.05, 4.69) is 0 Å². The van der Waals surface area contributed by atoms with Crippen LogP contribution >= 0.6 is 0 Å². The molecule has 0 N–H and O–H groups in total. The molecule has 1 nitrogen and oxygen atoms in total. The van der Waals surface area contributed by atoms with Gasteiger partial charge in [0.25, 0.3) is 0 Å². The Morgan fingerprint density at radius 1 is 1.22 bits per heavy atom. The van der Waals surface area contributed by atoms with Crippen LogP contribution in [0.25, 0.3) is 0 Å². The Hall–Kier alpha value is -0.188. The van der Waals surface area contributed by atoms with Crippen molar-refractivity contribution < 1.29 is 4.79 Å². The number of rotatable bonds is 1. The quantitative estimate of drug-likeness (QED) is 0.707. The van der Waals surface area contributed by atoms with Crippen LogP contribution in [0.2, 0.25) is 0 Å². The minimum atomic E-state index is 0.288. The number of hydrogen-bond donors (Lipinski definition) is 0. The van der Waals surface area contributed by atoms with Crippen LogP contribution in [0.1, 0.15) is 10.4 Å². The maximum atomic E-state index is 10.7. The van der Waals surface area contributed by atoms with E-state index in [1.807, 2.05) is 30.3 Å². The zero-order valence-electron chi connectivity index (χ0n) is 4.87. The first kappa shape index (κ1) is 6.93. The summed E-state index contributed by atoms with van der Waals surface area (Å²) in [5.74, 6) is 0. The summed E-state index contributed by atoms with van der Waals surface area (Å²) in [6.45, 7) is 0. The Morgan fingerprint density at radius 3 is 2.11 bits per heavy atom. The second-order valence-corrected chi connectivity index (χ2v) is 3.77. The summed E-state index contributed by atoms with van der Waals surface area (Å²) in [6, 6.07) is 9.38. The molecule has 42 valence electrons. The molecule has 0 aliphatic heterocycles. The molecule has 0 saturated heterocycles. The van der Waals surface area contributed by atoms with Crippen LogP contribution in [0.5, 0.6) is 0 Å². The van der Waals surface area contributed by atoms with Gasteiger partial charge in [-0.15, -0.1) is 0 Å². The Bertz CT molecular complexity index is 205. The molecule has 2 heteroatoms. The van der Waals surface area contributed by atoms with Gasteiger partial charge in [0.1, 0.15) is 0 Å². The molecule has 0 radical (unpaired) electrons. The molecule has 0 aliphatic rings. The van der Waals surface area contributed by atoms with Crippen molar-refractivity contribution in [2.45, 2.75) is 0 Å². The predicted octanol–water partition coefficient (Wildman–Crippen LogP) is 0.995. The van der Waals surface area contributed by atoms with Gasteiger partial charge in [-0.05, 0) is 0 Å². The maximum absolute atomic E-state index is 10.7. The summed E-state index contributed by atoms with van der Waals surface area (Å²) in [7, 11) is 0. The van der Waals surface area contributed by atoms with Crippen molar-refractivity contribution in [2.75, 3.05) is 0 Å². The predicted molar refractivity (Wildman–Crippen MR) is 36.5 cm³/mol. The summed E-state index contributed by atoms with van der Waals surface area (Å²) < 4.78 is 0.288. The third-order valence-corrected chi connectivity index (χ3v) is 2.35. The third-order valence-electron chi connectivity index (χ3n) is 1.06. The van der Waals surface area contributed by atoms with Crippen LogP contribution in [0, 0.1) is 0 Å². The second kappa shape index (κ2) is 3.10. The van der Waals surface area contributed by atoms with E-state index in [4.69, 9.17) is 0 Å². The normalized spacial score (nSPS) is 8.78. The van der Waals surface area contributed by atoms with Crippen molar-refractivity contribution in [3.05, 3.63) is 35.9 Å². The molecule has 0 amide bonds. The van der Waals surface area contributed by atoms with Crippen LogP contribution in [-0.4, -0.2) is 29.1 Å². The number of carbonyl (C=O) groups excluding carboxylic acids is 1. The summed E-state index contributed by atoms with van der Waals surface area (Å²) in [5.41, 5.74) is 0.850. The van der Waals surface area contributed by atoms with Gasteiger partial charge in [0.2, 0.25) is 0 Å². The first-order valence-electron chi connectivity index (χ1n) is 2.65. The van der Waals surface area contributed by atoms with E-state index in [1.165, 1.54) is 0 Å². The van der Waals surface area contributed by atoms with Crippen molar-refractivity contribution >= 4 is 29.1 Å². The fraction of sp³-hybridized carbons (Fsp3) is 0. The van der Waals surface area contributed by atoms with E-state index in [0.29, 0.717) is 25.8 Å². The fourth-order valence-corrected chi connectivity index (χ4v) is 1.35. The van der Waals surface area contributed by atoms with Crippen LogP contribution in [0.4, 0.5) is 0 Å². The molecule has 0 fully saturated rings. The van der Waals surface area contributed by atoms with E-state index in [9.17, 15) is 4.79 Å². The molecule has 9 heavy (non-hydrogen) atoms. The number of hydrogen-bond acceptors (Lipinski definition) is 1. The van der Waals surface area contributed by atoms with Gasteiger partial charge in [-0.1, -0.05) is 0 Å². The van der Waals surface area contributed by atoms with Gasteiger partial charge in [-0.2, -0.15) is 0 Å². The van der Waals surface area contributed by atoms with E-state index >= 15 is 0 Å². The minimum absolute atomic E-state index is 0.288. The molecule has 0 bridgehead atoms. The molecule has 1 aromatic rings. The first-order chi connectivity index (χ1) is 4.30.